The van der Waals surface area contributed by atoms with Crippen LogP contribution in [0.2, 0.25) is 0 Å². The van der Waals surface area contributed by atoms with Gasteiger partial charge in [0.2, 0.25) is 0 Å². The van der Waals surface area contributed by atoms with Gasteiger partial charge in [0.25, 0.3) is 0 Å². The van der Waals surface area contributed by atoms with E-state index in [-0.39, 0.29) is 23.2 Å². The zero-order chi connectivity index (χ0) is 12.2. The highest BCUT2D eigenvalue weighted by molar-refractivity contribution is 5.77. The molecule has 1 fully saturated rings. The Balaban J connectivity index is 1.95. The first kappa shape index (κ1) is 10.6. The molecule has 2 aliphatic rings. The minimum atomic E-state index is -0.655. The lowest BCUT2D eigenvalue weighted by molar-refractivity contribution is -0.139. The van der Waals surface area contributed by atoms with Crippen LogP contribution in [0.15, 0.2) is 30.3 Å². The van der Waals surface area contributed by atoms with Crippen molar-refractivity contribution in [3.05, 3.63) is 41.5 Å². The standard InChI is InChI=1S/C15H16O2/c1-15(2)12(13(15)14(16)17)11-8-7-9-5-3-4-6-10(9)11/h3-8,11-13H,1-2H3,(H,16,17). The van der Waals surface area contributed by atoms with E-state index in [2.05, 4.69) is 38.1 Å². The molecule has 0 aromatic heterocycles. The molecule has 3 unspecified atom stereocenters. The lowest BCUT2D eigenvalue weighted by Gasteiger charge is -2.12. The fourth-order valence-electron chi connectivity index (χ4n) is 3.41. The summed E-state index contributed by atoms with van der Waals surface area (Å²) >= 11 is 0. The second-order valence-electron chi connectivity index (χ2n) is 5.68. The van der Waals surface area contributed by atoms with Gasteiger partial charge in [-0.25, -0.2) is 0 Å². The molecule has 88 valence electrons. The first-order valence-corrected chi connectivity index (χ1v) is 6.03. The van der Waals surface area contributed by atoms with Gasteiger partial charge in [0.05, 0.1) is 5.92 Å². The number of benzene rings is 1. The van der Waals surface area contributed by atoms with Crippen molar-refractivity contribution in [2.45, 2.75) is 19.8 Å². The van der Waals surface area contributed by atoms with E-state index in [0.717, 1.165) is 0 Å². The van der Waals surface area contributed by atoms with Crippen LogP contribution in [0.5, 0.6) is 0 Å². The first-order valence-electron chi connectivity index (χ1n) is 6.03. The molecule has 0 saturated heterocycles. The SMILES string of the molecule is CC1(C)C(C(=O)O)C1C1C=Cc2ccccc21. The summed E-state index contributed by atoms with van der Waals surface area (Å²) in [5.41, 5.74) is 2.44. The van der Waals surface area contributed by atoms with Gasteiger partial charge in [-0.15, -0.1) is 0 Å². The molecule has 0 heterocycles. The van der Waals surface area contributed by atoms with E-state index < -0.39 is 5.97 Å². The van der Waals surface area contributed by atoms with Gasteiger partial charge in [-0.1, -0.05) is 50.3 Å². The topological polar surface area (TPSA) is 37.3 Å². The molecule has 1 aromatic carbocycles. The quantitative estimate of drug-likeness (QED) is 0.844. The molecule has 0 amide bonds. The van der Waals surface area contributed by atoms with Gasteiger partial charge in [-0.2, -0.15) is 0 Å². The largest absolute Gasteiger partial charge is 0.481 e. The van der Waals surface area contributed by atoms with Crippen LogP contribution in [0.1, 0.15) is 30.9 Å². The maximum Gasteiger partial charge on any atom is 0.307 e. The minimum absolute atomic E-state index is 0.0850. The highest BCUT2D eigenvalue weighted by Crippen LogP contribution is 2.65. The fraction of sp³-hybridized carbons (Fsp3) is 0.400. The third kappa shape index (κ3) is 1.36. The molecule has 3 atom stereocenters. The summed E-state index contributed by atoms with van der Waals surface area (Å²) in [7, 11) is 0. The highest BCUT2D eigenvalue weighted by Gasteiger charge is 2.64. The van der Waals surface area contributed by atoms with E-state index in [1.54, 1.807) is 0 Å². The van der Waals surface area contributed by atoms with Crippen molar-refractivity contribution in [2.75, 3.05) is 0 Å². The second kappa shape index (κ2) is 3.22. The summed E-state index contributed by atoms with van der Waals surface area (Å²) in [6.45, 7) is 4.12. The Kier molecular flexibility index (Phi) is 2.00. The van der Waals surface area contributed by atoms with E-state index in [4.69, 9.17) is 0 Å². The van der Waals surface area contributed by atoms with Crippen molar-refractivity contribution in [1.82, 2.24) is 0 Å². The van der Waals surface area contributed by atoms with E-state index in [0.29, 0.717) is 0 Å². The molecule has 2 nitrogen and oxygen atoms in total. The summed E-state index contributed by atoms with van der Waals surface area (Å²) in [6, 6.07) is 8.27. The van der Waals surface area contributed by atoms with Gasteiger partial charge in [0.15, 0.2) is 0 Å². The van der Waals surface area contributed by atoms with Crippen LogP contribution in [0.25, 0.3) is 6.08 Å². The van der Waals surface area contributed by atoms with Gasteiger partial charge in [-0.05, 0) is 22.5 Å². The third-order valence-corrected chi connectivity index (χ3v) is 4.40. The Labute approximate surface area is 101 Å². The van der Waals surface area contributed by atoms with Crippen molar-refractivity contribution in [1.29, 1.82) is 0 Å². The second-order valence-corrected chi connectivity index (χ2v) is 5.68. The number of rotatable bonds is 2. The molecule has 3 rings (SSSR count). The van der Waals surface area contributed by atoms with Crippen LogP contribution in [0, 0.1) is 17.3 Å². The van der Waals surface area contributed by atoms with Gasteiger partial charge in [0.1, 0.15) is 0 Å². The van der Waals surface area contributed by atoms with Crippen LogP contribution in [0.3, 0.4) is 0 Å². The number of hydrogen-bond donors (Lipinski definition) is 1. The molecule has 0 spiro atoms. The molecular weight excluding hydrogens is 212 g/mol. The number of hydrogen-bond acceptors (Lipinski definition) is 1. The highest BCUT2D eigenvalue weighted by atomic mass is 16.4. The average molecular weight is 228 g/mol. The first-order chi connectivity index (χ1) is 8.03. The number of aliphatic carboxylic acids is 1. The summed E-state index contributed by atoms with van der Waals surface area (Å²) in [5, 5.41) is 9.24. The fourth-order valence-corrected chi connectivity index (χ4v) is 3.41. The van der Waals surface area contributed by atoms with Crippen LogP contribution in [-0.4, -0.2) is 11.1 Å². The van der Waals surface area contributed by atoms with Gasteiger partial charge in [-0.3, -0.25) is 4.79 Å². The summed E-state index contributed by atoms with van der Waals surface area (Å²) in [5.74, 6) is -0.344. The van der Waals surface area contributed by atoms with Crippen molar-refractivity contribution >= 4 is 12.0 Å². The van der Waals surface area contributed by atoms with Crippen molar-refractivity contribution in [3.8, 4) is 0 Å². The van der Waals surface area contributed by atoms with Crippen LogP contribution in [-0.2, 0) is 4.79 Å². The maximum atomic E-state index is 11.2. The Morgan fingerprint density at radius 3 is 2.65 bits per heavy atom. The number of carboxylic acids is 1. The minimum Gasteiger partial charge on any atom is -0.481 e. The monoisotopic (exact) mass is 228 g/mol. The Hall–Kier alpha value is -1.57. The predicted octanol–water partition coefficient (Wildman–Crippen LogP) is 3.15. The molecule has 0 aliphatic heterocycles. The average Bonchev–Trinajstić information content (AvgIpc) is 2.68. The number of carbonyl (C=O) groups is 1. The summed E-state index contributed by atoms with van der Waals surface area (Å²) in [4.78, 5) is 11.2. The molecule has 2 heteroatoms. The smallest absolute Gasteiger partial charge is 0.307 e. The number of allylic oxidation sites excluding steroid dienone is 1. The van der Waals surface area contributed by atoms with Gasteiger partial charge < -0.3 is 5.11 Å². The molecule has 17 heavy (non-hydrogen) atoms. The molecule has 2 aliphatic carbocycles. The zero-order valence-corrected chi connectivity index (χ0v) is 10.1. The molecular formula is C15H16O2. The van der Waals surface area contributed by atoms with Crippen LogP contribution >= 0.6 is 0 Å². The van der Waals surface area contributed by atoms with Crippen molar-refractivity contribution in [2.24, 2.45) is 17.3 Å². The molecule has 1 aromatic rings. The van der Waals surface area contributed by atoms with Crippen molar-refractivity contribution < 1.29 is 9.90 Å². The number of carboxylic acid groups (broad SMARTS) is 1. The molecule has 0 radical (unpaired) electrons. The summed E-state index contributed by atoms with van der Waals surface area (Å²) in [6.07, 6.45) is 4.29. The predicted molar refractivity (Wildman–Crippen MR) is 66.6 cm³/mol. The van der Waals surface area contributed by atoms with E-state index in [1.807, 2.05) is 12.1 Å². The Bertz CT molecular complexity index is 513. The lowest BCUT2D eigenvalue weighted by Crippen LogP contribution is -2.04. The summed E-state index contributed by atoms with van der Waals surface area (Å²) < 4.78 is 0. The Morgan fingerprint density at radius 1 is 1.29 bits per heavy atom. The lowest BCUT2D eigenvalue weighted by atomic mass is 9.92. The number of fused-ring (bicyclic) bond motifs is 1. The normalized spacial score (nSPS) is 32.2. The van der Waals surface area contributed by atoms with E-state index in [1.165, 1.54) is 11.1 Å². The van der Waals surface area contributed by atoms with Crippen molar-refractivity contribution in [3.63, 3.8) is 0 Å². The Morgan fingerprint density at radius 2 is 2.00 bits per heavy atom. The van der Waals surface area contributed by atoms with E-state index >= 15 is 0 Å². The maximum absolute atomic E-state index is 11.2. The molecule has 1 N–H and O–H groups in total. The zero-order valence-electron chi connectivity index (χ0n) is 10.1. The van der Waals surface area contributed by atoms with Crippen LogP contribution < -0.4 is 0 Å². The molecule has 0 bridgehead atoms. The van der Waals surface area contributed by atoms with E-state index in [9.17, 15) is 9.90 Å². The molecule has 1 saturated carbocycles. The third-order valence-electron chi connectivity index (χ3n) is 4.40. The van der Waals surface area contributed by atoms with Gasteiger partial charge in [0, 0.05) is 5.92 Å². The van der Waals surface area contributed by atoms with Crippen LogP contribution in [0.4, 0.5) is 0 Å². The van der Waals surface area contributed by atoms with Gasteiger partial charge >= 0.3 is 5.97 Å².